The molecule has 3 rings (SSSR count). The average molecular weight is 423 g/mol. The molecule has 2 aromatic carbocycles. The zero-order valence-corrected chi connectivity index (χ0v) is 17.0. The number of benzene rings is 2. The minimum Gasteiger partial charge on any atom is -0.465 e. The third-order valence-corrected chi connectivity index (χ3v) is 5.58. The van der Waals surface area contributed by atoms with Crippen LogP contribution in [0.1, 0.15) is 22.8 Å². The van der Waals surface area contributed by atoms with Gasteiger partial charge in [-0.05, 0) is 49.7 Å². The SMILES string of the molecule is CCOC(=O)Cn1c(=NC(=O)c2cccc(Cl)c2)sc2ccc(Cl)c(C)c21. The van der Waals surface area contributed by atoms with Crippen molar-refractivity contribution < 1.29 is 14.3 Å². The maximum Gasteiger partial charge on any atom is 0.326 e. The van der Waals surface area contributed by atoms with E-state index in [4.69, 9.17) is 27.9 Å². The van der Waals surface area contributed by atoms with Crippen LogP contribution < -0.4 is 4.80 Å². The molecule has 0 saturated heterocycles. The van der Waals surface area contributed by atoms with E-state index in [-0.39, 0.29) is 13.2 Å². The van der Waals surface area contributed by atoms with Gasteiger partial charge in [0.15, 0.2) is 4.80 Å². The fraction of sp³-hybridized carbons (Fsp3) is 0.211. The Labute approximate surface area is 169 Å². The molecule has 1 heterocycles. The van der Waals surface area contributed by atoms with Gasteiger partial charge in [0.05, 0.1) is 16.8 Å². The molecule has 0 aliphatic rings. The minimum absolute atomic E-state index is 0.0588. The molecule has 0 radical (unpaired) electrons. The van der Waals surface area contributed by atoms with Crippen LogP contribution in [0.25, 0.3) is 10.2 Å². The number of carbonyl (C=O) groups is 2. The van der Waals surface area contributed by atoms with Crippen LogP contribution in [0.15, 0.2) is 41.4 Å². The molecule has 0 spiro atoms. The third kappa shape index (κ3) is 4.24. The number of hydrogen-bond acceptors (Lipinski definition) is 4. The number of halogens is 2. The molecule has 0 aliphatic heterocycles. The summed E-state index contributed by atoms with van der Waals surface area (Å²) in [6.45, 7) is 3.82. The lowest BCUT2D eigenvalue weighted by molar-refractivity contribution is -0.143. The highest BCUT2D eigenvalue weighted by Gasteiger charge is 2.16. The van der Waals surface area contributed by atoms with Gasteiger partial charge >= 0.3 is 5.97 Å². The number of amides is 1. The summed E-state index contributed by atoms with van der Waals surface area (Å²) in [5, 5.41) is 1.03. The lowest BCUT2D eigenvalue weighted by Gasteiger charge is -2.08. The first-order valence-corrected chi connectivity index (χ1v) is 9.76. The van der Waals surface area contributed by atoms with Crippen LogP contribution >= 0.6 is 34.5 Å². The Bertz CT molecular complexity index is 1100. The van der Waals surface area contributed by atoms with E-state index in [2.05, 4.69) is 4.99 Å². The minimum atomic E-state index is -0.439. The Hall–Kier alpha value is -2.15. The van der Waals surface area contributed by atoms with Crippen molar-refractivity contribution >= 4 is 56.6 Å². The van der Waals surface area contributed by atoms with E-state index in [0.29, 0.717) is 20.4 Å². The molecule has 140 valence electrons. The molecule has 0 aliphatic carbocycles. The highest BCUT2D eigenvalue weighted by Crippen LogP contribution is 2.27. The number of esters is 1. The molecule has 1 aromatic heterocycles. The second kappa shape index (κ2) is 8.25. The van der Waals surface area contributed by atoms with E-state index >= 15 is 0 Å². The summed E-state index contributed by atoms with van der Waals surface area (Å²) in [6.07, 6.45) is 0. The van der Waals surface area contributed by atoms with Crippen LogP contribution in [0.3, 0.4) is 0 Å². The van der Waals surface area contributed by atoms with E-state index in [9.17, 15) is 9.59 Å². The highest BCUT2D eigenvalue weighted by atomic mass is 35.5. The van der Waals surface area contributed by atoms with Crippen LogP contribution in [0.2, 0.25) is 10.0 Å². The van der Waals surface area contributed by atoms with Gasteiger partial charge in [-0.2, -0.15) is 4.99 Å². The van der Waals surface area contributed by atoms with E-state index in [1.54, 1.807) is 41.8 Å². The van der Waals surface area contributed by atoms with Crippen LogP contribution in [0.4, 0.5) is 0 Å². The van der Waals surface area contributed by atoms with E-state index in [1.807, 2.05) is 13.0 Å². The largest absolute Gasteiger partial charge is 0.465 e. The summed E-state index contributed by atoms with van der Waals surface area (Å²) >= 11 is 13.5. The first kappa shape index (κ1) is 19.6. The summed E-state index contributed by atoms with van der Waals surface area (Å²) in [7, 11) is 0. The summed E-state index contributed by atoms with van der Waals surface area (Å²) in [5.74, 6) is -0.848. The van der Waals surface area contributed by atoms with Gasteiger partial charge in [0.1, 0.15) is 6.54 Å². The van der Waals surface area contributed by atoms with Crippen LogP contribution in [-0.4, -0.2) is 23.1 Å². The normalized spacial score (nSPS) is 11.8. The maximum atomic E-state index is 12.6. The van der Waals surface area contributed by atoms with Crippen molar-refractivity contribution in [3.05, 3.63) is 62.4 Å². The molecular formula is C19H16Cl2N2O3S. The molecular weight excluding hydrogens is 407 g/mol. The molecule has 0 atom stereocenters. The summed E-state index contributed by atoms with van der Waals surface area (Å²) in [4.78, 5) is 29.3. The predicted molar refractivity (Wildman–Crippen MR) is 108 cm³/mol. The summed E-state index contributed by atoms with van der Waals surface area (Å²) < 4.78 is 7.60. The third-order valence-electron chi connectivity index (χ3n) is 3.89. The fourth-order valence-corrected chi connectivity index (χ4v) is 4.09. The first-order chi connectivity index (χ1) is 12.9. The molecule has 0 bridgehead atoms. The number of nitrogens with zero attached hydrogens (tertiary/aromatic N) is 2. The predicted octanol–water partition coefficient (Wildman–Crippen LogP) is 4.62. The molecule has 3 aromatic rings. The van der Waals surface area contributed by atoms with Crippen LogP contribution in [0.5, 0.6) is 0 Å². The molecule has 0 saturated carbocycles. The van der Waals surface area contributed by atoms with Crippen molar-refractivity contribution in [3.63, 3.8) is 0 Å². The van der Waals surface area contributed by atoms with Crippen molar-refractivity contribution in [1.29, 1.82) is 0 Å². The smallest absolute Gasteiger partial charge is 0.326 e. The number of thiazole rings is 1. The van der Waals surface area contributed by atoms with Gasteiger partial charge in [-0.1, -0.05) is 40.6 Å². The molecule has 0 N–H and O–H groups in total. The number of aryl methyl sites for hydroxylation is 1. The second-order valence-corrected chi connectivity index (χ2v) is 7.57. The van der Waals surface area contributed by atoms with E-state index in [1.165, 1.54) is 11.3 Å². The van der Waals surface area contributed by atoms with E-state index in [0.717, 1.165) is 15.8 Å². The Morgan fingerprint density at radius 3 is 2.70 bits per heavy atom. The molecule has 8 heteroatoms. The Kier molecular flexibility index (Phi) is 5.99. The van der Waals surface area contributed by atoms with Crippen molar-refractivity contribution in [2.75, 3.05) is 6.61 Å². The Morgan fingerprint density at radius 1 is 1.22 bits per heavy atom. The number of hydrogen-bond donors (Lipinski definition) is 0. The molecule has 0 fully saturated rings. The summed E-state index contributed by atoms with van der Waals surface area (Å²) in [6, 6.07) is 10.2. The van der Waals surface area contributed by atoms with Crippen LogP contribution in [-0.2, 0) is 16.1 Å². The van der Waals surface area contributed by atoms with E-state index < -0.39 is 11.9 Å². The van der Waals surface area contributed by atoms with Gasteiger partial charge in [-0.3, -0.25) is 9.59 Å². The van der Waals surface area contributed by atoms with Gasteiger partial charge in [-0.15, -0.1) is 0 Å². The molecule has 5 nitrogen and oxygen atoms in total. The van der Waals surface area contributed by atoms with Gasteiger partial charge in [0.2, 0.25) is 0 Å². The van der Waals surface area contributed by atoms with Crippen molar-refractivity contribution in [3.8, 4) is 0 Å². The average Bonchev–Trinajstić information content (AvgIpc) is 2.96. The van der Waals surface area contributed by atoms with Crippen molar-refractivity contribution in [2.24, 2.45) is 4.99 Å². The van der Waals surface area contributed by atoms with Crippen molar-refractivity contribution in [1.82, 2.24) is 4.57 Å². The van der Waals surface area contributed by atoms with Gasteiger partial charge < -0.3 is 9.30 Å². The standard InChI is InChI=1S/C19H16Cl2N2O3S/c1-3-26-16(24)10-23-17-11(2)14(21)7-8-15(17)27-19(23)22-18(25)12-5-4-6-13(20)9-12/h4-9H,3,10H2,1-2H3. The molecule has 0 unspecified atom stereocenters. The lowest BCUT2D eigenvalue weighted by Crippen LogP contribution is -2.23. The number of carbonyl (C=O) groups excluding carboxylic acids is 2. The first-order valence-electron chi connectivity index (χ1n) is 8.19. The Morgan fingerprint density at radius 2 is 2.00 bits per heavy atom. The Balaban J connectivity index is 2.17. The van der Waals surface area contributed by atoms with Crippen LogP contribution in [0, 0.1) is 6.92 Å². The summed E-state index contributed by atoms with van der Waals surface area (Å²) in [5.41, 5.74) is 1.95. The topological polar surface area (TPSA) is 60.7 Å². The van der Waals surface area contributed by atoms with Gasteiger partial charge in [-0.25, -0.2) is 0 Å². The fourth-order valence-electron chi connectivity index (χ4n) is 2.66. The number of fused-ring (bicyclic) bond motifs is 1. The number of rotatable bonds is 4. The van der Waals surface area contributed by atoms with Crippen molar-refractivity contribution in [2.45, 2.75) is 20.4 Å². The zero-order valence-electron chi connectivity index (χ0n) is 14.7. The monoisotopic (exact) mass is 422 g/mol. The highest BCUT2D eigenvalue weighted by molar-refractivity contribution is 7.16. The number of ether oxygens (including phenoxy) is 1. The van der Waals surface area contributed by atoms with Gasteiger partial charge in [0.25, 0.3) is 5.91 Å². The lowest BCUT2D eigenvalue weighted by atomic mass is 10.2. The zero-order chi connectivity index (χ0) is 19.6. The second-order valence-electron chi connectivity index (χ2n) is 5.72. The van der Waals surface area contributed by atoms with Gasteiger partial charge in [0, 0.05) is 15.6 Å². The molecule has 1 amide bonds. The number of aromatic nitrogens is 1. The maximum absolute atomic E-state index is 12.6. The quantitative estimate of drug-likeness (QED) is 0.576. The molecule has 27 heavy (non-hydrogen) atoms.